The average molecular weight is 810 g/mol. The minimum Gasteiger partial charge on any atom is -0.858 e. The summed E-state index contributed by atoms with van der Waals surface area (Å²) < 4.78 is 11.6. The summed E-state index contributed by atoms with van der Waals surface area (Å²) in [5.41, 5.74) is -2.49. The molecular formula is C35H35Cl4N6O8-. The van der Waals surface area contributed by atoms with Crippen LogP contribution in [0.2, 0.25) is 0 Å². The van der Waals surface area contributed by atoms with Gasteiger partial charge in [0.05, 0.1) is 58.0 Å². The van der Waals surface area contributed by atoms with E-state index in [1.165, 1.54) is 40.1 Å². The van der Waals surface area contributed by atoms with Crippen molar-refractivity contribution in [1.29, 1.82) is 0 Å². The molecule has 6 rings (SSSR count). The molecule has 282 valence electrons. The number of nitrogens with zero attached hydrogens (tertiary/aromatic N) is 4. The van der Waals surface area contributed by atoms with Crippen molar-refractivity contribution < 1.29 is 29.0 Å². The van der Waals surface area contributed by atoms with Crippen LogP contribution in [0.4, 0.5) is 0 Å². The molecule has 3 aliphatic rings. The third-order valence-corrected chi connectivity index (χ3v) is 11.2. The highest BCUT2D eigenvalue weighted by Gasteiger charge is 2.41. The maximum absolute atomic E-state index is 13.7. The maximum atomic E-state index is 13.7. The van der Waals surface area contributed by atoms with Crippen LogP contribution < -0.4 is 26.9 Å². The molecule has 0 saturated heterocycles. The number of H-pyrrole nitrogens is 2. The number of hydrogen-bond donors (Lipinski definition) is 2. The fourth-order valence-corrected chi connectivity index (χ4v) is 8.19. The van der Waals surface area contributed by atoms with Crippen LogP contribution in [0.3, 0.4) is 0 Å². The first kappa shape index (κ1) is 38.6. The van der Waals surface area contributed by atoms with E-state index in [-0.39, 0.29) is 68.0 Å². The molecule has 6 atom stereocenters. The van der Waals surface area contributed by atoms with Gasteiger partial charge in [-0.15, -0.1) is 46.4 Å². The molecule has 1 amide bonds. The number of allylic oxidation sites excluding steroid dienone is 3. The summed E-state index contributed by atoms with van der Waals surface area (Å²) in [6.45, 7) is 3.12. The quantitative estimate of drug-likeness (QED) is 0.185. The zero-order valence-electron chi connectivity index (χ0n) is 28.6. The van der Waals surface area contributed by atoms with E-state index < -0.39 is 57.7 Å². The molecule has 2 fully saturated rings. The van der Waals surface area contributed by atoms with Gasteiger partial charge in [0.2, 0.25) is 0 Å². The number of ether oxygens (including phenoxy) is 2. The summed E-state index contributed by atoms with van der Waals surface area (Å²) in [4.78, 5) is 72.0. The van der Waals surface area contributed by atoms with Crippen molar-refractivity contribution in [1.82, 2.24) is 24.8 Å². The van der Waals surface area contributed by atoms with Crippen molar-refractivity contribution in [2.45, 2.75) is 86.0 Å². The standard InChI is InChI=1S/C35H36Cl4N6O8/c1-3-52-34(50)24-18(30(46)40-28-26(24)32(48)44(42-28)22-14-16(36)10-12-20(22)38)8-6-5-7-9-19-25(35(51)53-4-2)27-29(41-31(19)47)43-45(33(27)49)23-15-17(37)11-13-21(23)39/h5-9,16-17,20-23,48H,3-4,10-15H2,1-2H3,(H,40,42,46)(H,41,43,47)/p-1/b7-5?,8-6?,19-9+. The minimum atomic E-state index is -0.903. The van der Waals surface area contributed by atoms with E-state index in [0.29, 0.717) is 38.5 Å². The van der Waals surface area contributed by atoms with Crippen LogP contribution in [0, 0.1) is 0 Å². The van der Waals surface area contributed by atoms with Crippen LogP contribution in [-0.2, 0) is 9.47 Å². The lowest BCUT2D eigenvalue weighted by molar-refractivity contribution is -0.278. The van der Waals surface area contributed by atoms with Crippen molar-refractivity contribution in [3.8, 4) is 5.88 Å². The van der Waals surface area contributed by atoms with Gasteiger partial charge in [-0.1, -0.05) is 18.2 Å². The zero-order chi connectivity index (χ0) is 38.1. The van der Waals surface area contributed by atoms with Crippen molar-refractivity contribution in [3.05, 3.63) is 71.9 Å². The Morgan fingerprint density at radius 3 is 2.13 bits per heavy atom. The second-order valence-electron chi connectivity index (χ2n) is 12.8. The molecule has 0 radical (unpaired) electrons. The summed E-state index contributed by atoms with van der Waals surface area (Å²) in [5.74, 6) is -3.07. The second-order valence-corrected chi connectivity index (χ2v) is 15.1. The number of alkyl halides is 4. The highest BCUT2D eigenvalue weighted by atomic mass is 35.5. The lowest BCUT2D eigenvalue weighted by Crippen LogP contribution is -2.45. The molecule has 3 aromatic rings. The molecule has 6 unspecified atom stereocenters. The van der Waals surface area contributed by atoms with E-state index in [4.69, 9.17) is 55.9 Å². The normalized spacial score (nSPS) is 25.0. The number of hydrogen-bond acceptors (Lipinski definition) is 10. The van der Waals surface area contributed by atoms with Crippen molar-refractivity contribution in [3.63, 3.8) is 0 Å². The maximum Gasteiger partial charge on any atom is 0.339 e. The van der Waals surface area contributed by atoms with E-state index in [2.05, 4.69) is 20.2 Å². The summed E-state index contributed by atoms with van der Waals surface area (Å²) in [7, 11) is 0. The predicted molar refractivity (Wildman–Crippen MR) is 197 cm³/mol. The third kappa shape index (κ3) is 7.51. The molecule has 14 nitrogen and oxygen atoms in total. The van der Waals surface area contributed by atoms with Gasteiger partial charge < -0.3 is 24.5 Å². The Bertz CT molecular complexity index is 2270. The average Bonchev–Trinajstić information content (AvgIpc) is 3.61. The molecule has 2 aliphatic carbocycles. The first-order valence-corrected chi connectivity index (χ1v) is 18.9. The van der Waals surface area contributed by atoms with Crippen LogP contribution in [-0.4, -0.2) is 83.4 Å². The molecule has 4 heterocycles. The highest BCUT2D eigenvalue weighted by molar-refractivity contribution is 6.23. The molecule has 2 saturated carbocycles. The molecule has 1 aliphatic heterocycles. The van der Waals surface area contributed by atoms with Gasteiger partial charge in [0.15, 0.2) is 11.1 Å². The number of pyridine rings is 2. The van der Waals surface area contributed by atoms with Crippen molar-refractivity contribution in [2.75, 3.05) is 13.2 Å². The summed E-state index contributed by atoms with van der Waals surface area (Å²) in [5, 5.41) is 21.9. The number of halogens is 4. The third-order valence-electron chi connectivity index (χ3n) is 9.40. The number of amides is 1. The first-order valence-electron chi connectivity index (χ1n) is 17.2. The Kier molecular flexibility index (Phi) is 11.7. The Morgan fingerprint density at radius 1 is 0.849 bits per heavy atom. The molecule has 0 spiro atoms. The number of carbonyl (C=O) groups excluding carboxylic acids is 3. The molecule has 0 aromatic carbocycles. The molecule has 3 aromatic heterocycles. The fraction of sp³-hybridized carbons (Fsp3) is 0.457. The van der Waals surface area contributed by atoms with E-state index in [9.17, 15) is 29.1 Å². The van der Waals surface area contributed by atoms with Crippen molar-refractivity contribution >= 4 is 87.4 Å². The van der Waals surface area contributed by atoms with Gasteiger partial charge in [0.1, 0.15) is 5.56 Å². The van der Waals surface area contributed by atoms with E-state index >= 15 is 0 Å². The van der Waals surface area contributed by atoms with Crippen LogP contribution in [0.25, 0.3) is 23.2 Å². The van der Waals surface area contributed by atoms with Gasteiger partial charge in [-0.25, -0.2) is 14.6 Å². The van der Waals surface area contributed by atoms with Gasteiger partial charge in [0.25, 0.3) is 17.0 Å². The monoisotopic (exact) mass is 807 g/mol. The molecule has 2 N–H and O–H groups in total. The number of nitrogens with one attached hydrogen (secondary N) is 2. The van der Waals surface area contributed by atoms with E-state index in [1.54, 1.807) is 13.8 Å². The van der Waals surface area contributed by atoms with Crippen molar-refractivity contribution in [2.24, 2.45) is 5.10 Å². The van der Waals surface area contributed by atoms with Crippen LogP contribution in [0.5, 0.6) is 5.88 Å². The van der Waals surface area contributed by atoms with E-state index in [0.717, 1.165) is 0 Å². The molecule has 18 heteroatoms. The second kappa shape index (κ2) is 16.1. The first-order chi connectivity index (χ1) is 25.4. The Hall–Kier alpha value is -4.11. The largest absolute Gasteiger partial charge is 0.858 e. The van der Waals surface area contributed by atoms with Gasteiger partial charge in [-0.2, -0.15) is 10.2 Å². The summed E-state index contributed by atoms with van der Waals surface area (Å²) in [6, 6.07) is -1.11. The van der Waals surface area contributed by atoms with Gasteiger partial charge in [0, 0.05) is 16.1 Å². The number of esters is 2. The summed E-state index contributed by atoms with van der Waals surface area (Å²) in [6.07, 6.45) is 10.00. The van der Waals surface area contributed by atoms with Gasteiger partial charge in [-0.05, 0) is 70.4 Å². The fourth-order valence-electron chi connectivity index (χ4n) is 6.90. The summed E-state index contributed by atoms with van der Waals surface area (Å²) >= 11 is 25.8. The topological polar surface area (TPSA) is 192 Å². The lowest BCUT2D eigenvalue weighted by atomic mass is 9.93. The van der Waals surface area contributed by atoms with Crippen LogP contribution in [0.1, 0.15) is 95.1 Å². The van der Waals surface area contributed by atoms with E-state index in [1.807, 2.05) is 0 Å². The SMILES string of the molecule is CCOC(=O)c1c2c([nH]c(=O)/c1=C/C=CC=Cc1c(C(=O)OCC)c3c([O-])n(C4CC(Cl)CCC4Cl)nc3[nH]c1=O)=NN(C1CC(Cl)CCC1Cl)C2=O. The lowest BCUT2D eigenvalue weighted by Gasteiger charge is -2.34. The number of carbonyl (C=O) groups is 3. The predicted octanol–water partition coefficient (Wildman–Crippen LogP) is 3.59. The minimum absolute atomic E-state index is 0.0280. The number of fused-ring (bicyclic) bond motifs is 2. The number of aromatic nitrogens is 4. The Balaban J connectivity index is 1.38. The number of rotatable bonds is 9. The Morgan fingerprint density at radius 2 is 1.47 bits per heavy atom. The molecule has 53 heavy (non-hydrogen) atoms. The molecular weight excluding hydrogens is 774 g/mol. The molecule has 0 bridgehead atoms. The van der Waals surface area contributed by atoms with Gasteiger partial charge in [-0.3, -0.25) is 19.1 Å². The van der Waals surface area contributed by atoms with Crippen LogP contribution in [0.15, 0.2) is 32.9 Å². The highest BCUT2D eigenvalue weighted by Crippen LogP contribution is 2.39. The number of aromatic amines is 2. The smallest absolute Gasteiger partial charge is 0.339 e. The van der Waals surface area contributed by atoms with Crippen LogP contribution >= 0.6 is 46.4 Å². The van der Waals surface area contributed by atoms with Gasteiger partial charge >= 0.3 is 11.9 Å². The zero-order valence-corrected chi connectivity index (χ0v) is 31.6. The Labute approximate surface area is 322 Å².